The first-order valence-corrected chi connectivity index (χ1v) is 15.1. The lowest BCUT2D eigenvalue weighted by Gasteiger charge is -2.27. The number of pyridine rings is 1. The van der Waals surface area contributed by atoms with E-state index >= 15 is 0 Å². The SMILES string of the molecule is NC1=NC(CCC2CC2)(c2ccc(-c3cccnc3)cc2)C(=O)N1Cc1ccc(C(F)(F)F)c(C(=O)N2Cc3nccnc3C2)c1. The van der Waals surface area contributed by atoms with Gasteiger partial charge in [0.25, 0.3) is 11.8 Å². The molecular formula is C34H30F3N7O2. The highest BCUT2D eigenvalue weighted by Crippen LogP contribution is 2.44. The number of aliphatic imine (C=N–C) groups is 1. The molecule has 2 amide bonds. The number of guanidine groups is 1. The van der Waals surface area contributed by atoms with E-state index in [2.05, 4.69) is 15.0 Å². The standard InChI is InChI=1S/C34H30F3N7O2/c35-34(36,37)27-10-5-22(16-26(27)30(45)43-19-28-29(20-43)41-15-14-40-28)18-44-31(46)33(42-32(44)38,12-11-21-3-4-21)25-8-6-23(7-9-25)24-2-1-13-39-17-24/h1-2,5-10,13-17,21H,3-4,11-12,18-20H2,(H2,38,42). The maximum absolute atomic E-state index is 14.3. The number of hydrogen-bond donors (Lipinski definition) is 1. The highest BCUT2D eigenvalue weighted by molar-refractivity contribution is 6.07. The number of carbonyl (C=O) groups excluding carboxylic acids is 2. The zero-order valence-corrected chi connectivity index (χ0v) is 24.7. The van der Waals surface area contributed by atoms with Gasteiger partial charge in [0.1, 0.15) is 0 Å². The molecule has 234 valence electrons. The monoisotopic (exact) mass is 625 g/mol. The van der Waals surface area contributed by atoms with E-state index in [4.69, 9.17) is 10.7 Å². The molecule has 2 aliphatic heterocycles. The third-order valence-electron chi connectivity index (χ3n) is 8.94. The molecule has 1 atom stereocenters. The molecule has 1 unspecified atom stereocenters. The van der Waals surface area contributed by atoms with Gasteiger partial charge < -0.3 is 10.6 Å². The summed E-state index contributed by atoms with van der Waals surface area (Å²) in [5.41, 5.74) is 7.54. The van der Waals surface area contributed by atoms with E-state index in [0.29, 0.717) is 34.9 Å². The summed E-state index contributed by atoms with van der Waals surface area (Å²) in [7, 11) is 0. The Morgan fingerprint density at radius 1 is 0.957 bits per heavy atom. The number of aromatic nitrogens is 3. The van der Waals surface area contributed by atoms with Crippen molar-refractivity contribution in [3.63, 3.8) is 0 Å². The summed E-state index contributed by atoms with van der Waals surface area (Å²) in [5, 5.41) is 0. The van der Waals surface area contributed by atoms with E-state index in [1.165, 1.54) is 34.3 Å². The van der Waals surface area contributed by atoms with Gasteiger partial charge in [0.15, 0.2) is 11.5 Å². The van der Waals surface area contributed by atoms with E-state index in [0.717, 1.165) is 36.5 Å². The van der Waals surface area contributed by atoms with E-state index in [9.17, 15) is 22.8 Å². The van der Waals surface area contributed by atoms with E-state index in [-0.39, 0.29) is 31.5 Å². The molecule has 0 spiro atoms. The lowest BCUT2D eigenvalue weighted by Crippen LogP contribution is -2.42. The summed E-state index contributed by atoms with van der Waals surface area (Å²) in [4.78, 5) is 47.7. The molecule has 1 aliphatic carbocycles. The number of nitrogens with two attached hydrogens (primary N) is 1. The number of nitrogens with zero attached hydrogens (tertiary/aromatic N) is 6. The largest absolute Gasteiger partial charge is 0.417 e. The van der Waals surface area contributed by atoms with Crippen molar-refractivity contribution in [1.29, 1.82) is 0 Å². The zero-order chi connectivity index (χ0) is 32.1. The fraction of sp³-hybridized carbons (Fsp3) is 0.294. The van der Waals surface area contributed by atoms with Crippen LogP contribution in [0.5, 0.6) is 0 Å². The maximum Gasteiger partial charge on any atom is 0.417 e. The normalized spacial score (nSPS) is 19.4. The minimum Gasteiger partial charge on any atom is -0.369 e. The lowest BCUT2D eigenvalue weighted by atomic mass is 9.84. The van der Waals surface area contributed by atoms with Gasteiger partial charge in [-0.3, -0.25) is 29.4 Å². The van der Waals surface area contributed by atoms with E-state index in [1.54, 1.807) is 12.4 Å². The van der Waals surface area contributed by atoms with Crippen molar-refractivity contribution in [2.45, 2.75) is 57.0 Å². The van der Waals surface area contributed by atoms with Gasteiger partial charge in [-0.15, -0.1) is 0 Å². The molecule has 0 radical (unpaired) electrons. The Morgan fingerprint density at radius 3 is 2.30 bits per heavy atom. The molecule has 1 saturated carbocycles. The third kappa shape index (κ3) is 5.48. The number of fused-ring (bicyclic) bond motifs is 1. The van der Waals surface area contributed by atoms with Crippen molar-refractivity contribution in [3.05, 3.63) is 113 Å². The second kappa shape index (κ2) is 11.3. The second-order valence-electron chi connectivity index (χ2n) is 12.0. The Kier molecular flexibility index (Phi) is 7.29. The average molecular weight is 626 g/mol. The van der Waals surface area contributed by atoms with Crippen LogP contribution < -0.4 is 5.73 Å². The molecule has 1 fully saturated rings. The van der Waals surface area contributed by atoms with Gasteiger partial charge in [0.2, 0.25) is 0 Å². The molecule has 2 aromatic heterocycles. The van der Waals surface area contributed by atoms with Gasteiger partial charge in [0, 0.05) is 24.8 Å². The molecule has 3 aliphatic rings. The predicted octanol–water partition coefficient (Wildman–Crippen LogP) is 5.46. The first kappa shape index (κ1) is 29.6. The highest BCUT2D eigenvalue weighted by atomic mass is 19.4. The highest BCUT2D eigenvalue weighted by Gasteiger charge is 2.49. The fourth-order valence-electron chi connectivity index (χ4n) is 6.26. The molecule has 4 heterocycles. The van der Waals surface area contributed by atoms with Crippen molar-refractivity contribution >= 4 is 17.8 Å². The first-order valence-electron chi connectivity index (χ1n) is 15.1. The van der Waals surface area contributed by atoms with Crippen LogP contribution in [0.1, 0.15) is 64.1 Å². The number of rotatable bonds is 8. The van der Waals surface area contributed by atoms with Gasteiger partial charge in [-0.05, 0) is 59.2 Å². The number of carbonyl (C=O) groups is 2. The minimum atomic E-state index is -4.77. The van der Waals surface area contributed by atoms with Crippen LogP contribution in [-0.2, 0) is 36.1 Å². The Hall–Kier alpha value is -5.13. The molecule has 7 rings (SSSR count). The van der Waals surface area contributed by atoms with E-state index in [1.807, 2.05) is 36.4 Å². The molecule has 12 heteroatoms. The Bertz CT molecular complexity index is 1820. The first-order chi connectivity index (χ1) is 22.1. The van der Waals surface area contributed by atoms with Crippen LogP contribution in [0.3, 0.4) is 0 Å². The second-order valence-corrected chi connectivity index (χ2v) is 12.0. The van der Waals surface area contributed by atoms with Crippen molar-refractivity contribution in [2.24, 2.45) is 16.6 Å². The van der Waals surface area contributed by atoms with Crippen molar-refractivity contribution < 1.29 is 22.8 Å². The van der Waals surface area contributed by atoms with Gasteiger partial charge in [-0.25, -0.2) is 4.99 Å². The predicted molar refractivity (Wildman–Crippen MR) is 163 cm³/mol. The average Bonchev–Trinajstić information content (AvgIpc) is 3.74. The zero-order valence-electron chi connectivity index (χ0n) is 24.7. The Labute approximate surface area is 263 Å². The van der Waals surface area contributed by atoms with E-state index < -0.39 is 28.7 Å². The summed E-state index contributed by atoms with van der Waals surface area (Å²) in [6.45, 7) is -0.0391. The summed E-state index contributed by atoms with van der Waals surface area (Å²) >= 11 is 0. The van der Waals surface area contributed by atoms with Crippen LogP contribution in [0.4, 0.5) is 13.2 Å². The maximum atomic E-state index is 14.3. The van der Waals surface area contributed by atoms with Crippen LogP contribution in [0, 0.1) is 5.92 Å². The molecule has 2 N–H and O–H groups in total. The number of amides is 2. The number of hydrogen-bond acceptors (Lipinski definition) is 7. The lowest BCUT2D eigenvalue weighted by molar-refractivity contribution is -0.138. The minimum absolute atomic E-state index is 0.0166. The molecule has 0 saturated heterocycles. The van der Waals surface area contributed by atoms with Crippen LogP contribution in [0.15, 0.2) is 84.4 Å². The van der Waals surface area contributed by atoms with Gasteiger partial charge in [-0.2, -0.15) is 13.2 Å². The van der Waals surface area contributed by atoms with Gasteiger partial charge >= 0.3 is 6.18 Å². The summed E-state index contributed by atoms with van der Waals surface area (Å²) in [5.74, 6) is -0.636. The molecule has 0 bridgehead atoms. The summed E-state index contributed by atoms with van der Waals surface area (Å²) < 4.78 is 42.3. The molecule has 46 heavy (non-hydrogen) atoms. The quantitative estimate of drug-likeness (QED) is 0.278. The number of alkyl halides is 3. The smallest absolute Gasteiger partial charge is 0.369 e. The Morgan fingerprint density at radius 2 is 1.67 bits per heavy atom. The van der Waals surface area contributed by atoms with Crippen molar-refractivity contribution in [3.8, 4) is 11.1 Å². The van der Waals surface area contributed by atoms with Crippen LogP contribution in [0.25, 0.3) is 11.1 Å². The summed E-state index contributed by atoms with van der Waals surface area (Å²) in [6.07, 6.45) is 5.10. The van der Waals surface area contributed by atoms with Gasteiger partial charge in [0.05, 0.1) is 42.1 Å². The number of benzene rings is 2. The topological polar surface area (TPSA) is 118 Å². The van der Waals surface area contributed by atoms with Gasteiger partial charge in [-0.1, -0.05) is 49.2 Å². The fourth-order valence-corrected chi connectivity index (χ4v) is 6.26. The molecule has 2 aromatic carbocycles. The number of halogens is 3. The summed E-state index contributed by atoms with van der Waals surface area (Å²) in [6, 6.07) is 14.7. The third-order valence-corrected chi connectivity index (χ3v) is 8.94. The van der Waals surface area contributed by atoms with Crippen molar-refractivity contribution in [1.82, 2.24) is 24.8 Å². The molecular weight excluding hydrogens is 595 g/mol. The molecule has 4 aromatic rings. The van der Waals surface area contributed by atoms with Crippen LogP contribution in [-0.4, -0.2) is 42.5 Å². The van der Waals surface area contributed by atoms with Crippen LogP contribution in [0.2, 0.25) is 0 Å². The molecule has 9 nitrogen and oxygen atoms in total. The van der Waals surface area contributed by atoms with Crippen molar-refractivity contribution in [2.75, 3.05) is 0 Å². The van der Waals surface area contributed by atoms with Crippen LogP contribution >= 0.6 is 0 Å². The Balaban J connectivity index is 1.18.